The SMILES string of the molecule is O=C(OCc1cc(-c2ccccc2)no1)c1cc(=O)c2ccccc2o1. The van der Waals surface area contributed by atoms with Crippen LogP contribution in [-0.2, 0) is 11.3 Å². The van der Waals surface area contributed by atoms with Crippen molar-refractivity contribution < 1.29 is 18.5 Å². The fourth-order valence-corrected chi connectivity index (χ4v) is 2.54. The Morgan fingerprint density at radius 1 is 1.00 bits per heavy atom. The number of hydrogen-bond donors (Lipinski definition) is 0. The predicted molar refractivity (Wildman–Crippen MR) is 93.5 cm³/mol. The van der Waals surface area contributed by atoms with E-state index in [1.165, 1.54) is 0 Å². The molecular weight excluding hydrogens is 334 g/mol. The van der Waals surface area contributed by atoms with Gasteiger partial charge in [0.2, 0.25) is 5.76 Å². The first kappa shape index (κ1) is 15.8. The molecule has 26 heavy (non-hydrogen) atoms. The van der Waals surface area contributed by atoms with Crippen molar-refractivity contribution in [3.63, 3.8) is 0 Å². The molecule has 0 spiro atoms. The Kier molecular flexibility index (Phi) is 4.07. The number of carbonyl (C=O) groups excluding carboxylic acids is 1. The van der Waals surface area contributed by atoms with Gasteiger partial charge in [0.05, 0.1) is 5.39 Å². The number of esters is 1. The Balaban J connectivity index is 1.49. The third kappa shape index (κ3) is 3.12. The van der Waals surface area contributed by atoms with Crippen LogP contribution in [0.4, 0.5) is 0 Å². The van der Waals surface area contributed by atoms with Crippen LogP contribution in [0.2, 0.25) is 0 Å². The Hall–Kier alpha value is -3.67. The predicted octanol–water partition coefficient (Wildman–Crippen LogP) is 3.81. The molecule has 4 rings (SSSR count). The van der Waals surface area contributed by atoms with E-state index < -0.39 is 5.97 Å². The topological polar surface area (TPSA) is 82.5 Å². The first-order valence-electron chi connectivity index (χ1n) is 7.92. The average Bonchev–Trinajstić information content (AvgIpc) is 3.16. The van der Waals surface area contributed by atoms with Crippen LogP contribution in [0, 0.1) is 0 Å². The summed E-state index contributed by atoms with van der Waals surface area (Å²) in [6, 6.07) is 19.0. The molecule has 2 heterocycles. The first-order valence-corrected chi connectivity index (χ1v) is 7.92. The van der Waals surface area contributed by atoms with Crippen LogP contribution in [0.15, 0.2) is 80.5 Å². The number of para-hydroxylation sites is 1. The molecule has 0 saturated carbocycles. The van der Waals surface area contributed by atoms with Crippen molar-refractivity contribution in [3.05, 3.63) is 88.5 Å². The van der Waals surface area contributed by atoms with Crippen LogP contribution < -0.4 is 5.43 Å². The van der Waals surface area contributed by atoms with Crippen molar-refractivity contribution in [1.82, 2.24) is 5.16 Å². The van der Waals surface area contributed by atoms with Crippen LogP contribution >= 0.6 is 0 Å². The lowest BCUT2D eigenvalue weighted by atomic mass is 10.1. The number of rotatable bonds is 4. The summed E-state index contributed by atoms with van der Waals surface area (Å²) < 4.78 is 15.8. The molecule has 4 aromatic rings. The summed E-state index contributed by atoms with van der Waals surface area (Å²) in [6.45, 7) is -0.116. The number of fused-ring (bicyclic) bond motifs is 1. The molecule has 0 bridgehead atoms. The number of hydrogen-bond acceptors (Lipinski definition) is 6. The van der Waals surface area contributed by atoms with E-state index in [4.69, 9.17) is 13.7 Å². The fraction of sp³-hybridized carbons (Fsp3) is 0.0500. The van der Waals surface area contributed by atoms with Crippen molar-refractivity contribution in [3.8, 4) is 11.3 Å². The fourth-order valence-electron chi connectivity index (χ4n) is 2.54. The summed E-state index contributed by atoms with van der Waals surface area (Å²) in [5.74, 6) is -0.512. The summed E-state index contributed by atoms with van der Waals surface area (Å²) in [4.78, 5) is 24.2. The molecule has 2 aromatic heterocycles. The van der Waals surface area contributed by atoms with Crippen LogP contribution in [0.5, 0.6) is 0 Å². The molecule has 6 nitrogen and oxygen atoms in total. The van der Waals surface area contributed by atoms with Gasteiger partial charge in [0.15, 0.2) is 17.8 Å². The maximum Gasteiger partial charge on any atom is 0.374 e. The van der Waals surface area contributed by atoms with Crippen molar-refractivity contribution >= 4 is 16.9 Å². The van der Waals surface area contributed by atoms with Gasteiger partial charge >= 0.3 is 5.97 Å². The van der Waals surface area contributed by atoms with Gasteiger partial charge in [-0.3, -0.25) is 4.79 Å². The standard InChI is InChI=1S/C20H13NO5/c22-17-11-19(25-18-9-5-4-8-15(17)18)20(23)24-12-14-10-16(21-26-14)13-6-2-1-3-7-13/h1-11H,12H2. The van der Waals surface area contributed by atoms with Crippen molar-refractivity contribution in [1.29, 1.82) is 0 Å². The Morgan fingerprint density at radius 3 is 2.62 bits per heavy atom. The highest BCUT2D eigenvalue weighted by Gasteiger charge is 2.15. The molecule has 0 aliphatic carbocycles. The lowest BCUT2D eigenvalue weighted by Gasteiger charge is -2.03. The number of aromatic nitrogens is 1. The van der Waals surface area contributed by atoms with Crippen molar-refractivity contribution in [2.45, 2.75) is 6.61 Å². The maximum atomic E-state index is 12.2. The van der Waals surface area contributed by atoms with Crippen LogP contribution in [-0.4, -0.2) is 11.1 Å². The van der Waals surface area contributed by atoms with Gasteiger partial charge in [0.25, 0.3) is 0 Å². The Morgan fingerprint density at radius 2 is 1.77 bits per heavy atom. The number of carbonyl (C=O) groups is 1. The zero-order valence-corrected chi connectivity index (χ0v) is 13.5. The first-order chi connectivity index (χ1) is 12.7. The molecule has 0 N–H and O–H groups in total. The lowest BCUT2D eigenvalue weighted by Crippen LogP contribution is -2.10. The average molecular weight is 347 g/mol. The largest absolute Gasteiger partial charge is 0.452 e. The van der Waals surface area contributed by atoms with Gasteiger partial charge < -0.3 is 13.7 Å². The van der Waals surface area contributed by atoms with Gasteiger partial charge in [-0.25, -0.2) is 4.79 Å². The highest BCUT2D eigenvalue weighted by Crippen LogP contribution is 2.19. The Bertz CT molecular complexity index is 1130. The molecule has 0 atom stereocenters. The molecular formula is C20H13NO5. The molecule has 6 heteroatoms. The molecule has 0 fully saturated rings. The highest BCUT2D eigenvalue weighted by molar-refractivity contribution is 5.88. The summed E-state index contributed by atoms with van der Waals surface area (Å²) in [6.07, 6.45) is 0. The zero-order valence-electron chi connectivity index (χ0n) is 13.5. The molecule has 0 unspecified atom stereocenters. The van der Waals surface area contributed by atoms with Gasteiger partial charge in [0.1, 0.15) is 11.3 Å². The second kappa shape index (κ2) is 6.68. The van der Waals surface area contributed by atoms with Crippen LogP contribution in [0.25, 0.3) is 22.2 Å². The molecule has 0 radical (unpaired) electrons. The Labute approximate surface area is 147 Å². The van der Waals surface area contributed by atoms with Gasteiger partial charge in [-0.1, -0.05) is 47.6 Å². The number of nitrogens with zero attached hydrogens (tertiary/aromatic N) is 1. The smallest absolute Gasteiger partial charge is 0.374 e. The highest BCUT2D eigenvalue weighted by atomic mass is 16.6. The number of benzene rings is 2. The third-order valence-electron chi connectivity index (χ3n) is 3.81. The van der Waals surface area contributed by atoms with E-state index in [-0.39, 0.29) is 17.8 Å². The molecule has 2 aromatic carbocycles. The molecule has 0 amide bonds. The van der Waals surface area contributed by atoms with E-state index in [9.17, 15) is 9.59 Å². The van der Waals surface area contributed by atoms with Crippen LogP contribution in [0.1, 0.15) is 16.3 Å². The van der Waals surface area contributed by atoms with E-state index in [1.54, 1.807) is 30.3 Å². The molecule has 128 valence electrons. The minimum absolute atomic E-state index is 0.116. The van der Waals surface area contributed by atoms with Gasteiger partial charge in [-0.05, 0) is 12.1 Å². The van der Waals surface area contributed by atoms with E-state index in [0.717, 1.165) is 11.6 Å². The van der Waals surface area contributed by atoms with E-state index in [2.05, 4.69) is 5.16 Å². The van der Waals surface area contributed by atoms with Gasteiger partial charge in [-0.15, -0.1) is 0 Å². The second-order valence-electron chi connectivity index (χ2n) is 5.59. The zero-order chi connectivity index (χ0) is 17.9. The summed E-state index contributed by atoms with van der Waals surface area (Å²) in [5.41, 5.74) is 1.58. The maximum absolute atomic E-state index is 12.2. The van der Waals surface area contributed by atoms with E-state index in [1.807, 2.05) is 30.3 Å². The van der Waals surface area contributed by atoms with Crippen molar-refractivity contribution in [2.75, 3.05) is 0 Å². The van der Waals surface area contributed by atoms with E-state index >= 15 is 0 Å². The van der Waals surface area contributed by atoms with Gasteiger partial charge in [-0.2, -0.15) is 0 Å². The number of ether oxygens (including phenoxy) is 1. The second-order valence-corrected chi connectivity index (χ2v) is 5.59. The molecule has 0 aliphatic heterocycles. The third-order valence-corrected chi connectivity index (χ3v) is 3.81. The van der Waals surface area contributed by atoms with Crippen molar-refractivity contribution in [2.24, 2.45) is 0 Å². The quantitative estimate of drug-likeness (QED) is 0.522. The summed E-state index contributed by atoms with van der Waals surface area (Å²) in [7, 11) is 0. The molecule has 0 saturated heterocycles. The van der Waals surface area contributed by atoms with Gasteiger partial charge in [0, 0.05) is 17.7 Å². The molecule has 0 aliphatic rings. The monoisotopic (exact) mass is 347 g/mol. The van der Waals surface area contributed by atoms with Crippen LogP contribution in [0.3, 0.4) is 0 Å². The minimum Gasteiger partial charge on any atom is -0.452 e. The summed E-state index contributed by atoms with van der Waals surface area (Å²) >= 11 is 0. The normalized spacial score (nSPS) is 10.8. The minimum atomic E-state index is -0.745. The summed E-state index contributed by atoms with van der Waals surface area (Å²) in [5, 5.41) is 4.36. The lowest BCUT2D eigenvalue weighted by molar-refractivity contribution is 0.0402. The van der Waals surface area contributed by atoms with E-state index in [0.29, 0.717) is 22.4 Å².